The number of esters is 1. The molecule has 0 bridgehead atoms. The Morgan fingerprint density at radius 2 is 1.67 bits per heavy atom. The monoisotopic (exact) mass is 340 g/mol. The molecule has 0 atom stereocenters. The number of hydrogen-bond acceptors (Lipinski definition) is 7. The van der Waals surface area contributed by atoms with Crippen LogP contribution in [0.1, 0.15) is 19.3 Å². The Labute approximate surface area is 130 Å². The molecule has 0 rings (SSSR count). The van der Waals surface area contributed by atoms with E-state index in [0.717, 1.165) is 18.2 Å². The summed E-state index contributed by atoms with van der Waals surface area (Å²) in [5, 5.41) is 8.40. The van der Waals surface area contributed by atoms with Gasteiger partial charge in [-0.2, -0.15) is 11.8 Å². The summed E-state index contributed by atoms with van der Waals surface area (Å²) >= 11 is 1.63. The predicted molar refractivity (Wildman–Crippen MR) is 81.4 cm³/mol. The first-order chi connectivity index (χ1) is 9.99. The van der Waals surface area contributed by atoms with E-state index in [2.05, 4.69) is 0 Å². The van der Waals surface area contributed by atoms with Crippen LogP contribution in [0, 0.1) is 0 Å². The first-order valence-corrected chi connectivity index (χ1v) is 9.69. The van der Waals surface area contributed by atoms with E-state index < -0.39 is 14.8 Å². The van der Waals surface area contributed by atoms with Crippen molar-refractivity contribution >= 4 is 32.5 Å². The predicted octanol–water partition coefficient (Wildman–Crippen LogP) is 1.40. The van der Waals surface area contributed by atoms with Crippen LogP contribution in [-0.4, -0.2) is 65.3 Å². The molecule has 9 heteroatoms. The van der Waals surface area contributed by atoms with E-state index in [1.807, 2.05) is 0 Å². The molecule has 0 aliphatic heterocycles. The fourth-order valence-corrected chi connectivity index (χ4v) is 4.37. The lowest BCUT2D eigenvalue weighted by Crippen LogP contribution is -2.42. The Morgan fingerprint density at radius 3 is 2.19 bits per heavy atom. The minimum absolute atomic E-state index is 0.0670. The molecule has 124 valence electrons. The van der Waals surface area contributed by atoms with Crippen LogP contribution in [0.3, 0.4) is 0 Å². The molecule has 0 aliphatic rings. The maximum Gasteiger partial charge on any atom is 0.500 e. The smallest absolute Gasteiger partial charge is 0.481 e. The van der Waals surface area contributed by atoms with Gasteiger partial charge in [-0.1, -0.05) is 0 Å². The van der Waals surface area contributed by atoms with Crippen LogP contribution in [0.15, 0.2) is 0 Å². The molecular formula is C12H24O7SSi. The first-order valence-electron chi connectivity index (χ1n) is 6.60. The van der Waals surface area contributed by atoms with E-state index >= 15 is 0 Å². The Kier molecular flexibility index (Phi) is 11.6. The van der Waals surface area contributed by atoms with E-state index in [4.69, 9.17) is 23.1 Å². The zero-order valence-electron chi connectivity index (χ0n) is 12.8. The number of carboxylic acids is 1. The third-order valence-electron chi connectivity index (χ3n) is 2.73. The van der Waals surface area contributed by atoms with E-state index in [1.165, 1.54) is 0 Å². The number of ether oxygens (including phenoxy) is 1. The summed E-state index contributed by atoms with van der Waals surface area (Å²) in [5.74, 6) is 0.179. The van der Waals surface area contributed by atoms with Crippen molar-refractivity contribution in [2.45, 2.75) is 25.3 Å². The molecule has 0 aromatic heterocycles. The van der Waals surface area contributed by atoms with Crippen molar-refractivity contribution in [1.82, 2.24) is 0 Å². The number of carboxylic acid groups (broad SMARTS) is 1. The SMILES string of the molecule is CO[Si](CCCSCCC(=O)OCCC(=O)O)(OC)OC. The Balaban J connectivity index is 3.59. The van der Waals surface area contributed by atoms with Crippen LogP contribution in [0.5, 0.6) is 0 Å². The van der Waals surface area contributed by atoms with Gasteiger partial charge in [0.2, 0.25) is 0 Å². The standard InChI is InChI=1S/C12H24O7SSi/c1-16-21(17-2,18-3)10-4-8-20-9-6-12(15)19-7-5-11(13)14/h4-10H2,1-3H3,(H,13,14). The van der Waals surface area contributed by atoms with Crippen molar-refractivity contribution in [2.24, 2.45) is 0 Å². The number of rotatable bonds is 13. The van der Waals surface area contributed by atoms with Crippen molar-refractivity contribution in [3.8, 4) is 0 Å². The summed E-state index contributed by atoms with van der Waals surface area (Å²) in [4.78, 5) is 21.5. The lowest BCUT2D eigenvalue weighted by molar-refractivity contribution is -0.146. The number of carbonyl (C=O) groups is 2. The molecule has 21 heavy (non-hydrogen) atoms. The van der Waals surface area contributed by atoms with Gasteiger partial charge in [0.25, 0.3) is 0 Å². The minimum atomic E-state index is -2.49. The van der Waals surface area contributed by atoms with Crippen LogP contribution < -0.4 is 0 Å². The largest absolute Gasteiger partial charge is 0.500 e. The molecule has 0 unspecified atom stereocenters. The molecule has 0 spiro atoms. The fraction of sp³-hybridized carbons (Fsp3) is 0.833. The molecule has 0 saturated carbocycles. The molecule has 0 saturated heterocycles. The van der Waals surface area contributed by atoms with Gasteiger partial charge in [-0.05, 0) is 12.2 Å². The second-order valence-electron chi connectivity index (χ2n) is 4.13. The zero-order valence-corrected chi connectivity index (χ0v) is 14.6. The lowest BCUT2D eigenvalue weighted by Gasteiger charge is -2.24. The lowest BCUT2D eigenvalue weighted by atomic mass is 10.4. The van der Waals surface area contributed by atoms with E-state index in [9.17, 15) is 9.59 Å². The summed E-state index contributed by atoms with van der Waals surface area (Å²) in [7, 11) is 2.26. The van der Waals surface area contributed by atoms with Gasteiger partial charge < -0.3 is 23.1 Å². The molecule has 0 fully saturated rings. The highest BCUT2D eigenvalue weighted by atomic mass is 32.2. The van der Waals surface area contributed by atoms with Crippen molar-refractivity contribution in [3.05, 3.63) is 0 Å². The second-order valence-corrected chi connectivity index (χ2v) is 8.44. The summed E-state index contributed by atoms with van der Waals surface area (Å²) < 4.78 is 20.7. The van der Waals surface area contributed by atoms with Crippen LogP contribution >= 0.6 is 11.8 Å². The van der Waals surface area contributed by atoms with Crippen molar-refractivity contribution in [2.75, 3.05) is 39.4 Å². The number of aliphatic carboxylic acids is 1. The Hall–Kier alpha value is -0.613. The first kappa shape index (κ1) is 20.4. The normalized spacial score (nSPS) is 11.4. The molecule has 0 aromatic rings. The second kappa shape index (κ2) is 12.0. The van der Waals surface area contributed by atoms with Crippen molar-refractivity contribution < 1.29 is 32.7 Å². The molecule has 0 radical (unpaired) electrons. The number of hydrogen-bond donors (Lipinski definition) is 1. The number of carbonyl (C=O) groups excluding carboxylic acids is 1. The van der Waals surface area contributed by atoms with Crippen LogP contribution in [0.25, 0.3) is 0 Å². The Bertz CT molecular complexity index is 302. The number of thioether (sulfide) groups is 1. The molecule has 7 nitrogen and oxygen atoms in total. The van der Waals surface area contributed by atoms with E-state index in [-0.39, 0.29) is 25.4 Å². The van der Waals surface area contributed by atoms with Gasteiger partial charge in [-0.3, -0.25) is 9.59 Å². The zero-order chi connectivity index (χ0) is 16.1. The molecule has 0 aromatic carbocycles. The van der Waals surface area contributed by atoms with Gasteiger partial charge in [0.1, 0.15) is 6.61 Å². The van der Waals surface area contributed by atoms with Crippen LogP contribution in [0.2, 0.25) is 6.04 Å². The average molecular weight is 340 g/mol. The summed E-state index contributed by atoms with van der Waals surface area (Å²) in [6.45, 7) is -0.0670. The molecule has 0 heterocycles. The highest BCUT2D eigenvalue weighted by molar-refractivity contribution is 7.99. The van der Waals surface area contributed by atoms with Crippen LogP contribution in [-0.2, 0) is 27.6 Å². The van der Waals surface area contributed by atoms with Gasteiger partial charge in [-0.25, -0.2) is 0 Å². The van der Waals surface area contributed by atoms with E-state index in [1.54, 1.807) is 33.1 Å². The van der Waals surface area contributed by atoms with E-state index in [0.29, 0.717) is 5.75 Å². The maximum absolute atomic E-state index is 11.3. The highest BCUT2D eigenvalue weighted by Gasteiger charge is 2.36. The highest BCUT2D eigenvalue weighted by Crippen LogP contribution is 2.17. The van der Waals surface area contributed by atoms with Crippen molar-refractivity contribution in [1.29, 1.82) is 0 Å². The summed E-state index contributed by atoms with van der Waals surface area (Å²) in [6, 6.07) is 0.729. The average Bonchev–Trinajstić information content (AvgIpc) is 2.47. The third-order valence-corrected chi connectivity index (χ3v) is 6.64. The van der Waals surface area contributed by atoms with Crippen molar-refractivity contribution in [3.63, 3.8) is 0 Å². The van der Waals surface area contributed by atoms with Crippen LogP contribution in [0.4, 0.5) is 0 Å². The summed E-state index contributed by atoms with van der Waals surface area (Å²) in [5.41, 5.74) is 0. The molecule has 0 amide bonds. The topological polar surface area (TPSA) is 91.3 Å². The fourth-order valence-electron chi connectivity index (χ4n) is 1.53. The van der Waals surface area contributed by atoms with Gasteiger partial charge in [0.15, 0.2) is 0 Å². The van der Waals surface area contributed by atoms with Gasteiger partial charge in [-0.15, -0.1) is 0 Å². The molecule has 0 aliphatic carbocycles. The van der Waals surface area contributed by atoms with Gasteiger partial charge in [0, 0.05) is 33.1 Å². The minimum Gasteiger partial charge on any atom is -0.481 e. The van der Waals surface area contributed by atoms with Gasteiger partial charge in [0.05, 0.1) is 12.8 Å². The van der Waals surface area contributed by atoms with Gasteiger partial charge >= 0.3 is 20.7 Å². The molecule has 1 N–H and O–H groups in total. The third kappa shape index (κ3) is 9.85. The molecular weight excluding hydrogens is 316 g/mol. The quantitative estimate of drug-likeness (QED) is 0.306. The maximum atomic E-state index is 11.3. The Morgan fingerprint density at radius 1 is 1.05 bits per heavy atom. The summed E-state index contributed by atoms with van der Waals surface area (Å²) in [6.07, 6.45) is 1.00.